The van der Waals surface area contributed by atoms with Gasteiger partial charge in [-0.1, -0.05) is 31.4 Å². The highest BCUT2D eigenvalue weighted by molar-refractivity contribution is 5.76. The van der Waals surface area contributed by atoms with Crippen LogP contribution in [0.3, 0.4) is 0 Å². The molecule has 2 aliphatic rings. The smallest absolute Gasteiger partial charge is 0.220 e. The molecule has 1 aromatic carbocycles. The topological polar surface area (TPSA) is 41.6 Å². The molecule has 4 nitrogen and oxygen atoms in total. The molecule has 1 N–H and O–H groups in total. The molecule has 1 aliphatic heterocycles. The van der Waals surface area contributed by atoms with E-state index in [4.69, 9.17) is 4.74 Å². The van der Waals surface area contributed by atoms with Gasteiger partial charge in [-0.05, 0) is 36.5 Å². The second-order valence-electron chi connectivity index (χ2n) is 7.23. The Morgan fingerprint density at radius 1 is 1.16 bits per heavy atom. The number of amides is 1. The van der Waals surface area contributed by atoms with Crippen LogP contribution in [0.2, 0.25) is 0 Å². The minimum absolute atomic E-state index is 0.0693. The van der Waals surface area contributed by atoms with E-state index in [1.165, 1.54) is 44.2 Å². The first-order valence-corrected chi connectivity index (χ1v) is 9.56. The van der Waals surface area contributed by atoms with E-state index in [0.29, 0.717) is 32.1 Å². The molecule has 138 valence electrons. The zero-order valence-corrected chi connectivity index (χ0v) is 14.9. The van der Waals surface area contributed by atoms with Crippen LogP contribution in [-0.4, -0.2) is 43.7 Å². The molecule has 5 heteroatoms. The standard InChI is InChI=1S/C20H29FN2O2/c21-18-8-6-17(7-9-18)19(23-10-12-25-13-11-23)15-22-20(24)14-16-4-2-1-3-5-16/h6-9,16,19H,1-5,10-15H2,(H,22,24)/t19-/m1/s1. The van der Waals surface area contributed by atoms with Gasteiger partial charge < -0.3 is 10.1 Å². The van der Waals surface area contributed by atoms with Crippen LogP contribution in [0.25, 0.3) is 0 Å². The molecule has 1 amide bonds. The van der Waals surface area contributed by atoms with Gasteiger partial charge in [0.15, 0.2) is 0 Å². The molecule has 1 aliphatic carbocycles. The summed E-state index contributed by atoms with van der Waals surface area (Å²) < 4.78 is 18.7. The molecular weight excluding hydrogens is 319 g/mol. The third kappa shape index (κ3) is 5.51. The van der Waals surface area contributed by atoms with Crippen molar-refractivity contribution in [2.45, 2.75) is 44.6 Å². The quantitative estimate of drug-likeness (QED) is 0.858. The fourth-order valence-electron chi connectivity index (χ4n) is 3.97. The molecule has 1 atom stereocenters. The molecule has 25 heavy (non-hydrogen) atoms. The van der Waals surface area contributed by atoms with E-state index < -0.39 is 0 Å². The number of morpholine rings is 1. The number of hydrogen-bond acceptors (Lipinski definition) is 3. The third-order valence-electron chi connectivity index (χ3n) is 5.43. The summed E-state index contributed by atoms with van der Waals surface area (Å²) in [4.78, 5) is 14.7. The minimum atomic E-state index is -0.231. The van der Waals surface area contributed by atoms with E-state index in [2.05, 4.69) is 10.2 Å². The van der Waals surface area contributed by atoms with E-state index >= 15 is 0 Å². The zero-order chi connectivity index (χ0) is 17.5. The number of halogens is 1. The molecular formula is C20H29FN2O2. The Balaban J connectivity index is 1.58. The molecule has 2 fully saturated rings. The first-order valence-electron chi connectivity index (χ1n) is 9.56. The largest absolute Gasteiger partial charge is 0.379 e. The summed E-state index contributed by atoms with van der Waals surface area (Å²) >= 11 is 0. The van der Waals surface area contributed by atoms with Gasteiger partial charge in [-0.3, -0.25) is 9.69 Å². The Morgan fingerprint density at radius 2 is 1.84 bits per heavy atom. The van der Waals surface area contributed by atoms with E-state index in [0.717, 1.165) is 18.7 Å². The average molecular weight is 348 g/mol. The lowest BCUT2D eigenvalue weighted by molar-refractivity contribution is -0.122. The molecule has 1 saturated carbocycles. The average Bonchev–Trinajstić information content (AvgIpc) is 2.65. The van der Waals surface area contributed by atoms with Crippen molar-refractivity contribution in [2.24, 2.45) is 5.92 Å². The fraction of sp³-hybridized carbons (Fsp3) is 0.650. The minimum Gasteiger partial charge on any atom is -0.379 e. The van der Waals surface area contributed by atoms with Gasteiger partial charge in [-0.15, -0.1) is 0 Å². The Kier molecular flexibility index (Phi) is 6.82. The van der Waals surface area contributed by atoms with Crippen LogP contribution in [-0.2, 0) is 9.53 Å². The van der Waals surface area contributed by atoms with Crippen LogP contribution in [0.5, 0.6) is 0 Å². The van der Waals surface area contributed by atoms with Crippen LogP contribution in [0.4, 0.5) is 4.39 Å². The van der Waals surface area contributed by atoms with Crippen LogP contribution < -0.4 is 5.32 Å². The number of rotatable bonds is 6. The van der Waals surface area contributed by atoms with E-state index in [1.807, 2.05) is 12.1 Å². The summed E-state index contributed by atoms with van der Waals surface area (Å²) in [6.07, 6.45) is 6.81. The second-order valence-corrected chi connectivity index (χ2v) is 7.23. The zero-order valence-electron chi connectivity index (χ0n) is 14.9. The molecule has 1 saturated heterocycles. The predicted octanol–water partition coefficient (Wildman–Crippen LogP) is 3.29. The van der Waals surface area contributed by atoms with Gasteiger partial charge in [0, 0.05) is 26.1 Å². The second kappa shape index (κ2) is 9.30. The van der Waals surface area contributed by atoms with Crippen molar-refractivity contribution in [1.82, 2.24) is 10.2 Å². The highest BCUT2D eigenvalue weighted by atomic mass is 19.1. The molecule has 1 aromatic rings. The number of nitrogens with one attached hydrogen (secondary N) is 1. The van der Waals surface area contributed by atoms with Crippen molar-refractivity contribution in [3.8, 4) is 0 Å². The van der Waals surface area contributed by atoms with Gasteiger partial charge >= 0.3 is 0 Å². The summed E-state index contributed by atoms with van der Waals surface area (Å²) in [6, 6.07) is 6.70. The SMILES string of the molecule is O=C(CC1CCCCC1)NC[C@H](c1ccc(F)cc1)N1CCOCC1. The molecule has 0 spiro atoms. The van der Waals surface area contributed by atoms with Crippen molar-refractivity contribution in [1.29, 1.82) is 0 Å². The number of ether oxygens (including phenoxy) is 1. The monoisotopic (exact) mass is 348 g/mol. The van der Waals surface area contributed by atoms with Gasteiger partial charge in [0.05, 0.1) is 19.3 Å². The van der Waals surface area contributed by atoms with Crippen molar-refractivity contribution in [2.75, 3.05) is 32.8 Å². The maximum atomic E-state index is 13.3. The molecule has 0 bridgehead atoms. The molecule has 0 unspecified atom stereocenters. The number of carbonyl (C=O) groups excluding carboxylic acids is 1. The summed E-state index contributed by atoms with van der Waals surface area (Å²) in [5.41, 5.74) is 1.04. The van der Waals surface area contributed by atoms with Gasteiger partial charge in [0.25, 0.3) is 0 Å². The van der Waals surface area contributed by atoms with Gasteiger partial charge in [0.2, 0.25) is 5.91 Å². The van der Waals surface area contributed by atoms with Crippen LogP contribution in [0, 0.1) is 11.7 Å². The first kappa shape index (κ1) is 18.3. The summed E-state index contributed by atoms with van der Waals surface area (Å²) in [5, 5.41) is 3.13. The maximum Gasteiger partial charge on any atom is 0.220 e. The third-order valence-corrected chi connectivity index (χ3v) is 5.43. The highest BCUT2D eigenvalue weighted by Gasteiger charge is 2.24. The molecule has 3 rings (SSSR count). The number of benzene rings is 1. The Morgan fingerprint density at radius 3 is 2.52 bits per heavy atom. The Bertz CT molecular complexity index is 537. The Labute approximate surface area is 149 Å². The van der Waals surface area contributed by atoms with Crippen molar-refractivity contribution < 1.29 is 13.9 Å². The number of carbonyl (C=O) groups is 1. The van der Waals surface area contributed by atoms with Crippen molar-refractivity contribution in [3.63, 3.8) is 0 Å². The normalized spacial score (nSPS) is 21.0. The van der Waals surface area contributed by atoms with E-state index in [9.17, 15) is 9.18 Å². The van der Waals surface area contributed by atoms with Crippen LogP contribution in [0.15, 0.2) is 24.3 Å². The van der Waals surface area contributed by atoms with Gasteiger partial charge in [-0.25, -0.2) is 4.39 Å². The van der Waals surface area contributed by atoms with Gasteiger partial charge in [-0.2, -0.15) is 0 Å². The number of nitrogens with zero attached hydrogens (tertiary/aromatic N) is 1. The first-order chi connectivity index (χ1) is 12.2. The maximum absolute atomic E-state index is 13.3. The lowest BCUT2D eigenvalue weighted by Crippen LogP contribution is -2.44. The summed E-state index contributed by atoms with van der Waals surface area (Å²) in [5.74, 6) is 0.458. The van der Waals surface area contributed by atoms with Crippen LogP contribution >= 0.6 is 0 Å². The lowest BCUT2D eigenvalue weighted by atomic mass is 9.87. The Hall–Kier alpha value is -1.46. The molecule has 0 aromatic heterocycles. The predicted molar refractivity (Wildman–Crippen MR) is 95.7 cm³/mol. The van der Waals surface area contributed by atoms with Crippen molar-refractivity contribution >= 4 is 5.91 Å². The number of hydrogen-bond donors (Lipinski definition) is 1. The van der Waals surface area contributed by atoms with Crippen LogP contribution in [0.1, 0.15) is 50.1 Å². The van der Waals surface area contributed by atoms with Crippen molar-refractivity contribution in [3.05, 3.63) is 35.6 Å². The lowest BCUT2D eigenvalue weighted by Gasteiger charge is -2.35. The highest BCUT2D eigenvalue weighted by Crippen LogP contribution is 2.26. The van der Waals surface area contributed by atoms with E-state index in [1.54, 1.807) is 0 Å². The van der Waals surface area contributed by atoms with E-state index in [-0.39, 0.29) is 17.8 Å². The fourth-order valence-corrected chi connectivity index (χ4v) is 3.97. The van der Waals surface area contributed by atoms with Gasteiger partial charge in [0.1, 0.15) is 5.82 Å². The molecule has 0 radical (unpaired) electrons. The summed E-state index contributed by atoms with van der Waals surface area (Å²) in [6.45, 7) is 3.64. The molecule has 1 heterocycles. The summed E-state index contributed by atoms with van der Waals surface area (Å²) in [7, 11) is 0.